The number of hydrogen-bond donors (Lipinski definition) is 0. The van der Waals surface area contributed by atoms with Crippen LogP contribution in [0.25, 0.3) is 21.7 Å². The molecule has 1 aromatic heterocycles. The van der Waals surface area contributed by atoms with Crippen molar-refractivity contribution in [3.63, 3.8) is 0 Å². The van der Waals surface area contributed by atoms with Gasteiger partial charge in [-0.2, -0.15) is 0 Å². The second-order valence-electron chi connectivity index (χ2n) is 7.99. The zero-order valence-corrected chi connectivity index (χ0v) is 18.9. The molecule has 1 amide bonds. The highest BCUT2D eigenvalue weighted by Gasteiger charge is 2.28. The number of rotatable bonds is 7. The smallest absolute Gasteiger partial charge is 0.261 e. The molecule has 4 rings (SSSR count). The van der Waals surface area contributed by atoms with Crippen molar-refractivity contribution in [2.45, 2.75) is 46.2 Å². The quantitative estimate of drug-likeness (QED) is 0.387. The van der Waals surface area contributed by atoms with Crippen molar-refractivity contribution in [1.82, 2.24) is 14.5 Å². The van der Waals surface area contributed by atoms with Gasteiger partial charge in [0.25, 0.3) is 11.5 Å². The molecule has 32 heavy (non-hydrogen) atoms. The summed E-state index contributed by atoms with van der Waals surface area (Å²) in [5.41, 5.74) is 1.31. The van der Waals surface area contributed by atoms with Gasteiger partial charge < -0.3 is 4.90 Å². The van der Waals surface area contributed by atoms with Gasteiger partial charge in [-0.25, -0.2) is 4.98 Å². The molecular weight excluding hydrogens is 398 g/mol. The topological polar surface area (TPSA) is 55.2 Å². The van der Waals surface area contributed by atoms with Crippen molar-refractivity contribution in [1.29, 1.82) is 0 Å². The third kappa shape index (κ3) is 3.79. The first-order chi connectivity index (χ1) is 15.6. The molecule has 0 N–H and O–H groups in total. The number of carbonyl (C=O) groups excluding carboxylic acids is 1. The third-order valence-corrected chi connectivity index (χ3v) is 6.02. The van der Waals surface area contributed by atoms with Crippen molar-refractivity contribution < 1.29 is 4.79 Å². The summed E-state index contributed by atoms with van der Waals surface area (Å²) in [5, 5.41) is 2.59. The molecule has 0 saturated heterocycles. The van der Waals surface area contributed by atoms with Crippen LogP contribution in [0.3, 0.4) is 0 Å². The molecule has 0 aliphatic heterocycles. The summed E-state index contributed by atoms with van der Waals surface area (Å²) >= 11 is 0. The molecule has 0 aliphatic rings. The van der Waals surface area contributed by atoms with Gasteiger partial charge in [0.2, 0.25) is 0 Å². The normalized spacial score (nSPS) is 12.2. The summed E-state index contributed by atoms with van der Waals surface area (Å²) in [6, 6.07) is 20.9. The van der Waals surface area contributed by atoms with Gasteiger partial charge in [0, 0.05) is 18.7 Å². The first kappa shape index (κ1) is 21.8. The van der Waals surface area contributed by atoms with Crippen LogP contribution in [0.5, 0.6) is 0 Å². The van der Waals surface area contributed by atoms with E-state index in [2.05, 4.69) is 0 Å². The molecule has 1 unspecified atom stereocenters. The van der Waals surface area contributed by atoms with Gasteiger partial charge >= 0.3 is 0 Å². The minimum Gasteiger partial charge on any atom is -0.329 e. The van der Waals surface area contributed by atoms with E-state index in [1.54, 1.807) is 4.57 Å². The van der Waals surface area contributed by atoms with E-state index >= 15 is 0 Å². The van der Waals surface area contributed by atoms with Gasteiger partial charge in [0.15, 0.2) is 0 Å². The maximum Gasteiger partial charge on any atom is 0.261 e. The molecule has 0 saturated carbocycles. The van der Waals surface area contributed by atoms with Crippen molar-refractivity contribution >= 4 is 27.6 Å². The highest BCUT2D eigenvalue weighted by Crippen LogP contribution is 2.28. The third-order valence-electron chi connectivity index (χ3n) is 6.02. The van der Waals surface area contributed by atoms with Gasteiger partial charge in [0.05, 0.1) is 16.9 Å². The van der Waals surface area contributed by atoms with Gasteiger partial charge in [-0.15, -0.1) is 0 Å². The molecule has 4 aromatic rings. The van der Waals surface area contributed by atoms with E-state index in [0.29, 0.717) is 41.8 Å². The van der Waals surface area contributed by atoms with Crippen LogP contribution < -0.4 is 5.56 Å². The molecule has 1 heterocycles. The number of amides is 1. The summed E-state index contributed by atoms with van der Waals surface area (Å²) in [5.74, 6) is 0.620. The van der Waals surface area contributed by atoms with Gasteiger partial charge in [-0.1, -0.05) is 62.4 Å². The molecule has 0 aliphatic carbocycles. The molecule has 0 radical (unpaired) electrons. The Balaban J connectivity index is 1.86. The molecule has 0 bridgehead atoms. The van der Waals surface area contributed by atoms with E-state index in [9.17, 15) is 9.59 Å². The Morgan fingerprint density at radius 2 is 1.62 bits per heavy atom. The zero-order chi connectivity index (χ0) is 22.7. The maximum atomic E-state index is 13.8. The largest absolute Gasteiger partial charge is 0.329 e. The van der Waals surface area contributed by atoms with Crippen molar-refractivity contribution in [2.24, 2.45) is 0 Å². The summed E-state index contributed by atoms with van der Waals surface area (Å²) in [4.78, 5) is 33.9. The molecule has 1 atom stereocenters. The Hall–Kier alpha value is -3.47. The Morgan fingerprint density at radius 1 is 0.938 bits per heavy atom. The Kier molecular flexibility index (Phi) is 6.35. The summed E-state index contributed by atoms with van der Waals surface area (Å²) < 4.78 is 1.76. The average Bonchev–Trinajstić information content (AvgIpc) is 2.83. The van der Waals surface area contributed by atoms with E-state index in [-0.39, 0.29) is 17.5 Å². The van der Waals surface area contributed by atoms with Crippen LogP contribution in [0.1, 0.15) is 55.8 Å². The van der Waals surface area contributed by atoms with Crippen LogP contribution in [-0.2, 0) is 6.54 Å². The fourth-order valence-electron chi connectivity index (χ4n) is 4.49. The second kappa shape index (κ2) is 9.35. The predicted octanol–water partition coefficient (Wildman–Crippen LogP) is 5.57. The number of nitrogens with zero attached hydrogens (tertiary/aromatic N) is 3. The lowest BCUT2D eigenvalue weighted by atomic mass is 10.0. The molecule has 0 spiro atoms. The van der Waals surface area contributed by atoms with Crippen molar-refractivity contribution in [3.05, 3.63) is 88.5 Å². The van der Waals surface area contributed by atoms with Gasteiger partial charge in [-0.3, -0.25) is 14.2 Å². The van der Waals surface area contributed by atoms with Crippen LogP contribution >= 0.6 is 0 Å². The van der Waals surface area contributed by atoms with Gasteiger partial charge in [0.1, 0.15) is 5.82 Å². The number of benzene rings is 3. The van der Waals surface area contributed by atoms with E-state index in [1.165, 1.54) is 0 Å². The standard InChI is InChI=1S/C27H29N3O2/c1-4-18-30-25(28-23-17-10-9-15-22(23)27(30)32)24(5-2)29(6-3)26(31)21-16-11-13-19-12-7-8-14-20(19)21/h7-17,24H,4-6,18H2,1-3H3. The van der Waals surface area contributed by atoms with E-state index in [0.717, 1.165) is 17.2 Å². The first-order valence-corrected chi connectivity index (χ1v) is 11.4. The zero-order valence-electron chi connectivity index (χ0n) is 18.9. The Morgan fingerprint density at radius 3 is 2.34 bits per heavy atom. The Bertz CT molecular complexity index is 1320. The molecule has 0 fully saturated rings. The highest BCUT2D eigenvalue weighted by atomic mass is 16.2. The average molecular weight is 428 g/mol. The van der Waals surface area contributed by atoms with Crippen LogP contribution in [-0.4, -0.2) is 26.9 Å². The fourth-order valence-corrected chi connectivity index (χ4v) is 4.49. The SMILES string of the molecule is CCCn1c(C(CC)N(CC)C(=O)c2cccc3ccccc23)nc2ccccc2c1=O. The van der Waals surface area contributed by atoms with E-state index < -0.39 is 0 Å². The highest BCUT2D eigenvalue weighted by molar-refractivity contribution is 6.07. The van der Waals surface area contributed by atoms with Crippen LogP contribution in [0.4, 0.5) is 0 Å². The summed E-state index contributed by atoms with van der Waals surface area (Å²) in [7, 11) is 0. The number of hydrogen-bond acceptors (Lipinski definition) is 3. The molecule has 3 aromatic carbocycles. The monoisotopic (exact) mass is 427 g/mol. The number of aromatic nitrogens is 2. The summed E-state index contributed by atoms with van der Waals surface area (Å²) in [6.45, 7) is 7.17. The first-order valence-electron chi connectivity index (χ1n) is 11.4. The second-order valence-corrected chi connectivity index (χ2v) is 7.99. The molecule has 5 heteroatoms. The van der Waals surface area contributed by atoms with E-state index in [1.807, 2.05) is 92.4 Å². The van der Waals surface area contributed by atoms with Crippen LogP contribution in [0, 0.1) is 0 Å². The lowest BCUT2D eigenvalue weighted by molar-refractivity contribution is 0.0671. The fraction of sp³-hybridized carbons (Fsp3) is 0.296. The maximum absolute atomic E-state index is 13.8. The lowest BCUT2D eigenvalue weighted by Crippen LogP contribution is -2.39. The minimum atomic E-state index is -0.296. The van der Waals surface area contributed by atoms with Crippen LogP contribution in [0.15, 0.2) is 71.5 Å². The van der Waals surface area contributed by atoms with Crippen LogP contribution in [0.2, 0.25) is 0 Å². The number of fused-ring (bicyclic) bond motifs is 2. The van der Waals surface area contributed by atoms with Crippen molar-refractivity contribution in [3.8, 4) is 0 Å². The molecule has 164 valence electrons. The minimum absolute atomic E-state index is 0.0402. The number of para-hydroxylation sites is 1. The van der Waals surface area contributed by atoms with Gasteiger partial charge in [-0.05, 0) is 48.7 Å². The molecule has 5 nitrogen and oxygen atoms in total. The predicted molar refractivity (Wildman–Crippen MR) is 130 cm³/mol. The summed E-state index contributed by atoms with van der Waals surface area (Å²) in [6.07, 6.45) is 1.48. The molecular formula is C27H29N3O2. The van der Waals surface area contributed by atoms with Crippen molar-refractivity contribution in [2.75, 3.05) is 6.54 Å². The van der Waals surface area contributed by atoms with E-state index in [4.69, 9.17) is 4.98 Å². The lowest BCUT2D eigenvalue weighted by Gasteiger charge is -2.32. The Labute approximate surface area is 188 Å². The number of carbonyl (C=O) groups is 1.